The van der Waals surface area contributed by atoms with E-state index >= 15 is 0 Å². The Labute approximate surface area is 123 Å². The average molecular weight is 338 g/mol. The van der Waals surface area contributed by atoms with Gasteiger partial charge in [-0.25, -0.2) is 17.2 Å². The first-order chi connectivity index (χ1) is 9.84. The zero-order valence-corrected chi connectivity index (χ0v) is 12.3. The minimum atomic E-state index is -4.16. The van der Waals surface area contributed by atoms with Crippen molar-refractivity contribution in [2.24, 2.45) is 0 Å². The lowest BCUT2D eigenvalue weighted by Gasteiger charge is -2.09. The van der Waals surface area contributed by atoms with Crippen LogP contribution in [0.4, 0.5) is 8.78 Å². The number of ether oxygens (including phenoxy) is 1. The second-order valence-electron chi connectivity index (χ2n) is 4.01. The highest BCUT2D eigenvalue weighted by atomic mass is 35.7. The Bertz CT molecular complexity index is 764. The van der Waals surface area contributed by atoms with Crippen LogP contribution >= 0.6 is 10.7 Å². The third-order valence-electron chi connectivity index (χ3n) is 2.63. The topological polar surface area (TPSA) is 74.1 Å². The van der Waals surface area contributed by atoms with E-state index in [-0.39, 0.29) is 24.5 Å². The molecule has 0 spiro atoms. The lowest BCUT2D eigenvalue weighted by molar-refractivity contribution is 0.185. The zero-order valence-electron chi connectivity index (χ0n) is 10.8. The van der Waals surface area contributed by atoms with Crippen LogP contribution in [0.3, 0.4) is 0 Å². The fourth-order valence-electron chi connectivity index (χ4n) is 1.72. The van der Waals surface area contributed by atoms with Crippen LogP contribution in [-0.2, 0) is 20.3 Å². The standard InChI is InChI=1S/C11H10ClF2N3O3S/c1-20-5-4-17-10(15-16-11(17)21(12,18)19)8-3-2-7(13)6-9(8)14/h2-3,6H,4-5H2,1H3. The number of nitrogens with zero attached hydrogens (tertiary/aromatic N) is 3. The number of hydrogen-bond acceptors (Lipinski definition) is 5. The van der Waals surface area contributed by atoms with E-state index in [2.05, 4.69) is 10.2 Å². The summed E-state index contributed by atoms with van der Waals surface area (Å²) >= 11 is 0. The summed E-state index contributed by atoms with van der Waals surface area (Å²) in [6.45, 7) is 0.171. The van der Waals surface area contributed by atoms with Crippen molar-refractivity contribution in [2.75, 3.05) is 13.7 Å². The Morgan fingerprint density at radius 3 is 2.62 bits per heavy atom. The zero-order chi connectivity index (χ0) is 15.6. The van der Waals surface area contributed by atoms with E-state index < -0.39 is 25.8 Å². The Morgan fingerprint density at radius 2 is 2.05 bits per heavy atom. The lowest BCUT2D eigenvalue weighted by Crippen LogP contribution is -2.12. The fourth-order valence-corrected chi connectivity index (χ4v) is 2.65. The Hall–Kier alpha value is -1.58. The summed E-state index contributed by atoms with van der Waals surface area (Å²) < 4.78 is 55.6. The van der Waals surface area contributed by atoms with Gasteiger partial charge in [-0.1, -0.05) is 0 Å². The van der Waals surface area contributed by atoms with Crippen LogP contribution in [0.25, 0.3) is 11.4 Å². The van der Waals surface area contributed by atoms with Crippen LogP contribution < -0.4 is 0 Å². The van der Waals surface area contributed by atoms with E-state index in [9.17, 15) is 17.2 Å². The predicted molar refractivity (Wildman–Crippen MR) is 70.3 cm³/mol. The molecule has 0 bridgehead atoms. The summed E-state index contributed by atoms with van der Waals surface area (Å²) in [6.07, 6.45) is 0. The average Bonchev–Trinajstić information content (AvgIpc) is 2.79. The molecule has 0 atom stereocenters. The Kier molecular flexibility index (Phi) is 4.55. The molecule has 0 aliphatic heterocycles. The van der Waals surface area contributed by atoms with Gasteiger partial charge < -0.3 is 4.74 Å². The van der Waals surface area contributed by atoms with Gasteiger partial charge in [0.1, 0.15) is 11.6 Å². The summed E-state index contributed by atoms with van der Waals surface area (Å²) in [5.41, 5.74) is -0.0911. The number of benzene rings is 1. The molecule has 6 nitrogen and oxygen atoms in total. The summed E-state index contributed by atoms with van der Waals surface area (Å²) in [5, 5.41) is 6.56. The third-order valence-corrected chi connectivity index (χ3v) is 3.78. The molecular weight excluding hydrogens is 328 g/mol. The molecule has 2 aromatic rings. The van der Waals surface area contributed by atoms with Gasteiger partial charge in [0.2, 0.25) is 0 Å². The highest BCUT2D eigenvalue weighted by molar-refractivity contribution is 8.13. The predicted octanol–water partition coefficient (Wildman–Crippen LogP) is 1.80. The number of rotatable bonds is 5. The SMILES string of the molecule is COCCn1c(-c2ccc(F)cc2F)nnc1S(=O)(=O)Cl. The van der Waals surface area contributed by atoms with Crippen LogP contribution in [0.1, 0.15) is 0 Å². The fraction of sp³-hybridized carbons (Fsp3) is 0.273. The molecule has 0 radical (unpaired) electrons. The second-order valence-corrected chi connectivity index (χ2v) is 6.47. The van der Waals surface area contributed by atoms with Gasteiger partial charge in [0, 0.05) is 23.9 Å². The van der Waals surface area contributed by atoms with Gasteiger partial charge in [0.15, 0.2) is 5.82 Å². The second kappa shape index (κ2) is 6.04. The highest BCUT2D eigenvalue weighted by Crippen LogP contribution is 2.25. The number of halogens is 3. The van der Waals surface area contributed by atoms with Crippen molar-refractivity contribution in [2.45, 2.75) is 11.7 Å². The molecule has 0 N–H and O–H groups in total. The van der Waals surface area contributed by atoms with E-state index in [0.717, 1.165) is 16.7 Å². The molecule has 10 heteroatoms. The van der Waals surface area contributed by atoms with Crippen molar-refractivity contribution in [3.63, 3.8) is 0 Å². The van der Waals surface area contributed by atoms with Crippen molar-refractivity contribution in [3.05, 3.63) is 29.8 Å². The molecule has 0 aliphatic carbocycles. The minimum absolute atomic E-state index is 0.0386. The first-order valence-electron chi connectivity index (χ1n) is 5.67. The van der Waals surface area contributed by atoms with E-state index in [1.807, 2.05) is 0 Å². The number of methoxy groups -OCH3 is 1. The first kappa shape index (κ1) is 15.8. The maximum atomic E-state index is 13.8. The van der Waals surface area contributed by atoms with E-state index in [4.69, 9.17) is 15.4 Å². The maximum absolute atomic E-state index is 13.8. The summed E-state index contributed by atoms with van der Waals surface area (Å²) in [6, 6.07) is 2.84. The van der Waals surface area contributed by atoms with Crippen LogP contribution in [-0.4, -0.2) is 36.9 Å². The summed E-state index contributed by atoms with van der Waals surface area (Å²) in [5.74, 6) is -1.73. The molecule has 0 fully saturated rings. The smallest absolute Gasteiger partial charge is 0.296 e. The van der Waals surface area contributed by atoms with E-state index in [1.54, 1.807) is 0 Å². The van der Waals surface area contributed by atoms with Crippen LogP contribution in [0.2, 0.25) is 0 Å². The van der Waals surface area contributed by atoms with E-state index in [1.165, 1.54) is 7.11 Å². The van der Waals surface area contributed by atoms with Crippen LogP contribution in [0.5, 0.6) is 0 Å². The Morgan fingerprint density at radius 1 is 1.33 bits per heavy atom. The van der Waals surface area contributed by atoms with Gasteiger partial charge in [0.05, 0.1) is 18.7 Å². The third kappa shape index (κ3) is 3.36. The molecule has 2 rings (SSSR count). The molecule has 1 heterocycles. The number of hydrogen-bond donors (Lipinski definition) is 0. The van der Waals surface area contributed by atoms with Crippen LogP contribution in [0, 0.1) is 11.6 Å². The van der Waals surface area contributed by atoms with Gasteiger partial charge in [-0.3, -0.25) is 4.57 Å². The van der Waals surface area contributed by atoms with Gasteiger partial charge in [-0.05, 0) is 12.1 Å². The maximum Gasteiger partial charge on any atom is 0.296 e. The molecule has 0 saturated heterocycles. The van der Waals surface area contributed by atoms with Crippen molar-refractivity contribution in [3.8, 4) is 11.4 Å². The molecule has 0 unspecified atom stereocenters. The van der Waals surface area contributed by atoms with E-state index in [0.29, 0.717) is 6.07 Å². The molecule has 0 aliphatic rings. The molecular formula is C11H10ClF2N3O3S. The summed E-state index contributed by atoms with van der Waals surface area (Å²) in [4.78, 5) is 0. The van der Waals surface area contributed by atoms with Crippen molar-refractivity contribution >= 4 is 19.7 Å². The van der Waals surface area contributed by atoms with Crippen molar-refractivity contribution in [1.29, 1.82) is 0 Å². The molecule has 114 valence electrons. The Balaban J connectivity index is 2.60. The van der Waals surface area contributed by atoms with Crippen molar-refractivity contribution < 1.29 is 21.9 Å². The minimum Gasteiger partial charge on any atom is -0.383 e. The molecule has 1 aromatic heterocycles. The highest BCUT2D eigenvalue weighted by Gasteiger charge is 2.24. The monoisotopic (exact) mass is 337 g/mol. The van der Waals surface area contributed by atoms with Crippen LogP contribution in [0.15, 0.2) is 23.4 Å². The largest absolute Gasteiger partial charge is 0.383 e. The summed E-state index contributed by atoms with van der Waals surface area (Å²) in [7, 11) is 2.51. The molecule has 0 saturated carbocycles. The quantitative estimate of drug-likeness (QED) is 0.778. The van der Waals surface area contributed by atoms with Gasteiger partial charge in [-0.2, -0.15) is 0 Å². The normalized spacial score (nSPS) is 11.8. The van der Waals surface area contributed by atoms with Gasteiger partial charge in [-0.15, -0.1) is 10.2 Å². The molecule has 0 amide bonds. The molecule has 1 aromatic carbocycles. The first-order valence-corrected chi connectivity index (χ1v) is 7.97. The lowest BCUT2D eigenvalue weighted by atomic mass is 10.2. The van der Waals surface area contributed by atoms with Crippen molar-refractivity contribution in [1.82, 2.24) is 14.8 Å². The van der Waals surface area contributed by atoms with Gasteiger partial charge >= 0.3 is 0 Å². The van der Waals surface area contributed by atoms with Gasteiger partial charge in [0.25, 0.3) is 14.2 Å². The molecule has 21 heavy (non-hydrogen) atoms. The number of aromatic nitrogens is 3.